The molecule has 2 aliphatic carbocycles. The summed E-state index contributed by atoms with van der Waals surface area (Å²) < 4.78 is 5.31. The zero-order chi connectivity index (χ0) is 25.4. The van der Waals surface area contributed by atoms with Crippen LogP contribution in [0.3, 0.4) is 0 Å². The topological polar surface area (TPSA) is 110 Å². The van der Waals surface area contributed by atoms with Crippen molar-refractivity contribution >= 4 is 35.2 Å². The van der Waals surface area contributed by atoms with Gasteiger partial charge < -0.3 is 10.1 Å². The number of anilines is 1. The Balaban J connectivity index is 1.29. The quantitative estimate of drug-likeness (QED) is 0.266. The van der Waals surface area contributed by atoms with Gasteiger partial charge in [0, 0.05) is 17.7 Å². The molecule has 2 bridgehead atoms. The summed E-state index contributed by atoms with van der Waals surface area (Å²) in [6.45, 7) is 0.873. The first-order valence-electron chi connectivity index (χ1n) is 12.0. The number of benzene rings is 2. The molecule has 3 amide bonds. The van der Waals surface area contributed by atoms with Crippen LogP contribution in [-0.4, -0.2) is 47.0 Å². The maximum atomic E-state index is 13.3. The van der Waals surface area contributed by atoms with Gasteiger partial charge in [0.1, 0.15) is 6.04 Å². The Morgan fingerprint density at radius 2 is 1.56 bits per heavy atom. The number of hydrogen-bond acceptors (Lipinski definition) is 6. The fourth-order valence-corrected chi connectivity index (χ4v) is 5.57. The van der Waals surface area contributed by atoms with E-state index >= 15 is 0 Å². The summed E-state index contributed by atoms with van der Waals surface area (Å²) in [6, 6.07) is 14.3. The highest BCUT2D eigenvalue weighted by atomic mass is 16.5. The van der Waals surface area contributed by atoms with E-state index in [1.165, 1.54) is 6.92 Å². The van der Waals surface area contributed by atoms with Crippen molar-refractivity contribution in [2.24, 2.45) is 23.7 Å². The minimum Gasteiger partial charge on any atom is -0.454 e. The molecule has 1 saturated carbocycles. The lowest BCUT2D eigenvalue weighted by molar-refractivity contribution is -0.160. The molecular weight excluding hydrogens is 460 g/mol. The Labute approximate surface area is 208 Å². The molecule has 184 valence electrons. The highest BCUT2D eigenvalue weighted by Crippen LogP contribution is 2.53. The fraction of sp³-hybridized carbons (Fsp3) is 0.321. The van der Waals surface area contributed by atoms with Crippen LogP contribution < -0.4 is 5.32 Å². The molecule has 2 fully saturated rings. The lowest BCUT2D eigenvalue weighted by Crippen LogP contribution is -2.48. The number of hydrogen-bond donors (Lipinski definition) is 1. The lowest BCUT2D eigenvalue weighted by atomic mass is 9.85. The molecule has 1 heterocycles. The zero-order valence-corrected chi connectivity index (χ0v) is 19.8. The molecule has 0 aromatic heterocycles. The molecular formula is C28H26N2O6. The van der Waals surface area contributed by atoms with Gasteiger partial charge in [0.25, 0.3) is 5.91 Å². The van der Waals surface area contributed by atoms with E-state index in [0.29, 0.717) is 11.3 Å². The van der Waals surface area contributed by atoms with E-state index in [1.54, 1.807) is 24.3 Å². The van der Waals surface area contributed by atoms with Crippen molar-refractivity contribution in [2.45, 2.75) is 25.8 Å². The summed E-state index contributed by atoms with van der Waals surface area (Å²) in [5.74, 6) is -2.96. The second kappa shape index (κ2) is 9.53. The van der Waals surface area contributed by atoms with Crippen LogP contribution in [0.25, 0.3) is 0 Å². The van der Waals surface area contributed by atoms with Crippen molar-refractivity contribution in [3.8, 4) is 0 Å². The minimum atomic E-state index is -1.15. The van der Waals surface area contributed by atoms with Gasteiger partial charge in [-0.1, -0.05) is 42.5 Å². The number of Topliss-reactive ketones (excluding diaryl/α,β-unsaturated/α-hetero) is 1. The Kier molecular flexibility index (Phi) is 6.26. The van der Waals surface area contributed by atoms with Crippen molar-refractivity contribution in [3.63, 3.8) is 0 Å². The average Bonchev–Trinajstić information content (AvgIpc) is 3.56. The van der Waals surface area contributed by atoms with Crippen molar-refractivity contribution in [1.29, 1.82) is 0 Å². The molecule has 5 rings (SSSR count). The largest absolute Gasteiger partial charge is 0.454 e. The SMILES string of the molecule is CC(=O)c1ccc(NC(=O)COC(=O)[C@H](Cc2ccccc2)N2C(=O)[C@H]3[C@H](C2=O)[C@H]2C=C[C@H]3C2)cc1. The summed E-state index contributed by atoms with van der Waals surface area (Å²) in [6.07, 6.45) is 4.89. The van der Waals surface area contributed by atoms with Crippen LogP contribution in [0, 0.1) is 23.7 Å². The van der Waals surface area contributed by atoms with E-state index in [1.807, 2.05) is 42.5 Å². The Hall–Kier alpha value is -4.07. The van der Waals surface area contributed by atoms with E-state index in [-0.39, 0.29) is 35.9 Å². The zero-order valence-electron chi connectivity index (χ0n) is 19.8. The summed E-state index contributed by atoms with van der Waals surface area (Å²) in [7, 11) is 0. The summed E-state index contributed by atoms with van der Waals surface area (Å²) >= 11 is 0. The van der Waals surface area contributed by atoms with Crippen LogP contribution in [0.1, 0.15) is 29.3 Å². The lowest BCUT2D eigenvalue weighted by Gasteiger charge is -2.26. The van der Waals surface area contributed by atoms with Crippen molar-refractivity contribution in [3.05, 3.63) is 77.9 Å². The fourth-order valence-electron chi connectivity index (χ4n) is 5.57. The number of nitrogens with zero attached hydrogens (tertiary/aromatic N) is 1. The molecule has 0 radical (unpaired) electrons. The number of ketones is 1. The van der Waals surface area contributed by atoms with E-state index in [4.69, 9.17) is 4.74 Å². The molecule has 1 aliphatic heterocycles. The summed E-state index contributed by atoms with van der Waals surface area (Å²) in [4.78, 5) is 64.8. The van der Waals surface area contributed by atoms with Crippen molar-refractivity contribution < 1.29 is 28.7 Å². The van der Waals surface area contributed by atoms with Crippen molar-refractivity contribution in [2.75, 3.05) is 11.9 Å². The highest BCUT2D eigenvalue weighted by molar-refractivity contribution is 6.09. The number of esters is 1. The monoisotopic (exact) mass is 486 g/mol. The number of imide groups is 1. The summed E-state index contributed by atoms with van der Waals surface area (Å²) in [5.41, 5.74) is 1.73. The van der Waals surface area contributed by atoms with Crippen LogP contribution in [0.5, 0.6) is 0 Å². The van der Waals surface area contributed by atoms with Crippen LogP contribution in [0.4, 0.5) is 5.69 Å². The van der Waals surface area contributed by atoms with Gasteiger partial charge in [-0.15, -0.1) is 0 Å². The second-order valence-electron chi connectivity index (χ2n) is 9.54. The van der Waals surface area contributed by atoms with Gasteiger partial charge in [0.2, 0.25) is 11.8 Å². The number of rotatable bonds is 8. The molecule has 0 spiro atoms. The number of nitrogens with one attached hydrogen (secondary N) is 1. The molecule has 0 unspecified atom stereocenters. The van der Waals surface area contributed by atoms with Gasteiger partial charge in [0.15, 0.2) is 12.4 Å². The predicted molar refractivity (Wildman–Crippen MR) is 130 cm³/mol. The van der Waals surface area contributed by atoms with Crippen LogP contribution in [0.2, 0.25) is 0 Å². The molecule has 8 nitrogen and oxygen atoms in total. The molecule has 36 heavy (non-hydrogen) atoms. The number of allylic oxidation sites excluding steroid dienone is 2. The Morgan fingerprint density at radius 1 is 0.944 bits per heavy atom. The van der Waals surface area contributed by atoms with Gasteiger partial charge in [-0.05, 0) is 55.0 Å². The maximum Gasteiger partial charge on any atom is 0.330 e. The molecule has 5 atom stereocenters. The minimum absolute atomic E-state index is 0.0232. The summed E-state index contributed by atoms with van der Waals surface area (Å²) in [5, 5.41) is 2.61. The predicted octanol–water partition coefficient (Wildman–Crippen LogP) is 2.79. The van der Waals surface area contributed by atoms with Gasteiger partial charge >= 0.3 is 5.97 Å². The van der Waals surface area contributed by atoms with E-state index in [9.17, 15) is 24.0 Å². The second-order valence-corrected chi connectivity index (χ2v) is 9.54. The Morgan fingerprint density at radius 3 is 2.14 bits per heavy atom. The standard InChI is InChI=1S/C28H26N2O6/c1-16(31)18-9-11-21(12-10-18)29-23(32)15-36-28(35)22(13-17-5-3-2-4-6-17)30-26(33)24-19-7-8-20(14-19)25(24)27(30)34/h2-12,19-20,22,24-25H,13-15H2,1H3,(H,29,32)/t19-,20-,22-,24+,25+/m0/s1. The van der Waals surface area contributed by atoms with E-state index in [2.05, 4.69) is 5.32 Å². The number of carbonyl (C=O) groups is 5. The highest BCUT2D eigenvalue weighted by Gasteiger charge is 2.61. The number of amides is 3. The van der Waals surface area contributed by atoms with Gasteiger partial charge in [-0.3, -0.25) is 24.1 Å². The normalized spacial score (nSPS) is 24.5. The van der Waals surface area contributed by atoms with Gasteiger partial charge in [0.05, 0.1) is 11.8 Å². The van der Waals surface area contributed by atoms with Gasteiger partial charge in [-0.25, -0.2) is 4.79 Å². The van der Waals surface area contributed by atoms with E-state index in [0.717, 1.165) is 16.9 Å². The van der Waals surface area contributed by atoms with Crippen LogP contribution >= 0.6 is 0 Å². The van der Waals surface area contributed by atoms with Crippen LogP contribution in [0.15, 0.2) is 66.7 Å². The molecule has 2 aromatic carbocycles. The third-order valence-corrected chi connectivity index (χ3v) is 7.28. The van der Waals surface area contributed by atoms with E-state index < -0.39 is 36.4 Å². The first-order chi connectivity index (χ1) is 17.3. The Bertz CT molecular complexity index is 1220. The third-order valence-electron chi connectivity index (χ3n) is 7.28. The molecule has 1 saturated heterocycles. The first-order valence-corrected chi connectivity index (χ1v) is 12.0. The van der Waals surface area contributed by atoms with Crippen LogP contribution in [-0.2, 0) is 30.3 Å². The third kappa shape index (κ3) is 4.34. The molecule has 3 aliphatic rings. The van der Waals surface area contributed by atoms with Crippen molar-refractivity contribution in [1.82, 2.24) is 4.90 Å². The van der Waals surface area contributed by atoms with Gasteiger partial charge in [-0.2, -0.15) is 0 Å². The number of carbonyl (C=O) groups excluding carboxylic acids is 5. The molecule has 2 aromatic rings. The number of likely N-dealkylation sites (tertiary alicyclic amines) is 1. The molecule has 8 heteroatoms. The first kappa shape index (κ1) is 23.7. The average molecular weight is 487 g/mol. The molecule has 1 N–H and O–H groups in total. The number of fused-ring (bicyclic) bond motifs is 5. The number of ether oxygens (including phenoxy) is 1. The smallest absolute Gasteiger partial charge is 0.330 e. The maximum absolute atomic E-state index is 13.3.